The number of carbonyl (C=O) groups excluding carboxylic acids is 1. The highest BCUT2D eigenvalue weighted by Gasteiger charge is 2.56. The number of aryl methyl sites for hydroxylation is 1. The smallest absolute Gasteiger partial charge is 0.144 e. The molecule has 2 N–H and O–H groups in total. The zero-order valence-electron chi connectivity index (χ0n) is 10.4. The van der Waals surface area contributed by atoms with E-state index in [-0.39, 0.29) is 5.41 Å². The molecule has 1 spiro atoms. The largest absolute Gasteiger partial charge is 0.398 e. The van der Waals surface area contributed by atoms with Crippen LogP contribution in [-0.4, -0.2) is 5.78 Å². The van der Waals surface area contributed by atoms with Crippen molar-refractivity contribution >= 4 is 11.5 Å². The van der Waals surface area contributed by atoms with E-state index in [9.17, 15) is 4.79 Å². The van der Waals surface area contributed by atoms with Crippen LogP contribution in [0.3, 0.4) is 0 Å². The van der Waals surface area contributed by atoms with Crippen molar-refractivity contribution in [3.8, 4) is 0 Å². The van der Waals surface area contributed by atoms with Crippen LogP contribution in [0, 0.1) is 11.8 Å². The molecular formula is C16H17NO. The normalized spacial score (nSPS) is 36.3. The van der Waals surface area contributed by atoms with Crippen LogP contribution in [0.15, 0.2) is 30.4 Å². The Morgan fingerprint density at radius 1 is 1.22 bits per heavy atom. The molecule has 2 bridgehead atoms. The van der Waals surface area contributed by atoms with Gasteiger partial charge in [0.2, 0.25) is 0 Å². The average Bonchev–Trinajstić information content (AvgIpc) is 2.95. The molecule has 3 aliphatic rings. The van der Waals surface area contributed by atoms with Gasteiger partial charge in [-0.05, 0) is 48.3 Å². The van der Waals surface area contributed by atoms with Gasteiger partial charge in [-0.15, -0.1) is 0 Å². The number of anilines is 1. The molecule has 3 atom stereocenters. The topological polar surface area (TPSA) is 43.1 Å². The third-order valence-corrected chi connectivity index (χ3v) is 5.14. The fraction of sp³-hybridized carbons (Fsp3) is 0.438. The summed E-state index contributed by atoms with van der Waals surface area (Å²) < 4.78 is 0. The summed E-state index contributed by atoms with van der Waals surface area (Å²) in [7, 11) is 0. The summed E-state index contributed by atoms with van der Waals surface area (Å²) in [5.74, 6) is 1.40. The van der Waals surface area contributed by atoms with Gasteiger partial charge in [0.1, 0.15) is 5.78 Å². The molecule has 1 aromatic rings. The Morgan fingerprint density at radius 3 is 2.83 bits per heavy atom. The van der Waals surface area contributed by atoms with Gasteiger partial charge < -0.3 is 5.73 Å². The molecule has 0 saturated heterocycles. The van der Waals surface area contributed by atoms with Gasteiger partial charge in [0.15, 0.2) is 0 Å². The van der Waals surface area contributed by atoms with Gasteiger partial charge in [-0.25, -0.2) is 0 Å². The van der Waals surface area contributed by atoms with Gasteiger partial charge in [0.05, 0.1) is 5.41 Å². The lowest BCUT2D eigenvalue weighted by molar-refractivity contribution is -0.126. The highest BCUT2D eigenvalue weighted by molar-refractivity contribution is 5.95. The molecule has 3 aliphatic carbocycles. The molecule has 1 aromatic carbocycles. The number of nitrogen functional groups attached to an aromatic ring is 1. The van der Waals surface area contributed by atoms with E-state index in [1.54, 1.807) is 0 Å². The van der Waals surface area contributed by atoms with E-state index in [0.29, 0.717) is 24.0 Å². The minimum absolute atomic E-state index is 0.279. The predicted molar refractivity (Wildman–Crippen MR) is 71.2 cm³/mol. The van der Waals surface area contributed by atoms with Crippen molar-refractivity contribution < 1.29 is 4.79 Å². The van der Waals surface area contributed by atoms with E-state index in [1.807, 2.05) is 12.1 Å². The van der Waals surface area contributed by atoms with Crippen LogP contribution in [0.2, 0.25) is 0 Å². The average molecular weight is 239 g/mol. The molecule has 2 heteroatoms. The van der Waals surface area contributed by atoms with Crippen LogP contribution in [0.1, 0.15) is 30.4 Å². The fourth-order valence-corrected chi connectivity index (χ4v) is 4.45. The zero-order chi connectivity index (χ0) is 12.3. The summed E-state index contributed by atoms with van der Waals surface area (Å²) in [6.45, 7) is 0. The summed E-state index contributed by atoms with van der Waals surface area (Å²) in [5, 5.41) is 0. The molecule has 2 nitrogen and oxygen atoms in total. The van der Waals surface area contributed by atoms with Gasteiger partial charge in [-0.1, -0.05) is 24.3 Å². The first-order chi connectivity index (χ1) is 8.72. The first kappa shape index (κ1) is 10.4. The maximum Gasteiger partial charge on any atom is 0.144 e. The zero-order valence-corrected chi connectivity index (χ0v) is 10.4. The van der Waals surface area contributed by atoms with Crippen LogP contribution < -0.4 is 5.73 Å². The maximum absolute atomic E-state index is 12.6. The number of hydrogen-bond acceptors (Lipinski definition) is 2. The van der Waals surface area contributed by atoms with Gasteiger partial charge in [-0.3, -0.25) is 4.79 Å². The van der Waals surface area contributed by atoms with E-state index in [1.165, 1.54) is 5.56 Å². The molecule has 0 heterocycles. The highest BCUT2D eigenvalue weighted by atomic mass is 16.1. The molecule has 0 aromatic heterocycles. The lowest BCUT2D eigenvalue weighted by Crippen LogP contribution is -2.44. The number of benzene rings is 1. The van der Waals surface area contributed by atoms with Crippen LogP contribution in [0.5, 0.6) is 0 Å². The van der Waals surface area contributed by atoms with E-state index < -0.39 is 0 Å². The summed E-state index contributed by atoms with van der Waals surface area (Å²) >= 11 is 0. The van der Waals surface area contributed by atoms with E-state index in [4.69, 9.17) is 5.73 Å². The molecule has 0 aliphatic heterocycles. The molecule has 92 valence electrons. The SMILES string of the molecule is Nc1cccc2c1C1(CC3C=CC1C3)C(=O)CC2. The van der Waals surface area contributed by atoms with Crippen molar-refractivity contribution in [3.05, 3.63) is 41.5 Å². The Bertz CT molecular complexity index is 574. The number of allylic oxidation sites excluding steroid dienone is 2. The highest BCUT2D eigenvalue weighted by Crippen LogP contribution is 2.57. The van der Waals surface area contributed by atoms with Crippen LogP contribution >= 0.6 is 0 Å². The van der Waals surface area contributed by atoms with E-state index in [2.05, 4.69) is 18.2 Å². The quantitative estimate of drug-likeness (QED) is 0.558. The third kappa shape index (κ3) is 1.07. The van der Waals surface area contributed by atoms with E-state index >= 15 is 0 Å². The summed E-state index contributed by atoms with van der Waals surface area (Å²) in [6, 6.07) is 6.12. The van der Waals surface area contributed by atoms with Gasteiger partial charge in [0, 0.05) is 12.1 Å². The monoisotopic (exact) mass is 239 g/mol. The van der Waals surface area contributed by atoms with Crippen molar-refractivity contribution in [2.45, 2.75) is 31.1 Å². The molecule has 18 heavy (non-hydrogen) atoms. The van der Waals surface area contributed by atoms with Crippen molar-refractivity contribution in [2.75, 3.05) is 5.73 Å². The summed E-state index contributed by atoms with van der Waals surface area (Å²) in [5.41, 5.74) is 9.22. The second-order valence-corrected chi connectivity index (χ2v) is 5.97. The molecule has 0 radical (unpaired) electrons. The summed E-state index contributed by atoms with van der Waals surface area (Å²) in [6.07, 6.45) is 8.22. The minimum Gasteiger partial charge on any atom is -0.398 e. The van der Waals surface area contributed by atoms with Crippen LogP contribution in [0.25, 0.3) is 0 Å². The molecule has 1 saturated carbocycles. The second kappa shape index (κ2) is 3.25. The van der Waals surface area contributed by atoms with Gasteiger partial charge >= 0.3 is 0 Å². The number of carbonyl (C=O) groups is 1. The molecule has 4 rings (SSSR count). The van der Waals surface area contributed by atoms with Crippen LogP contribution in [-0.2, 0) is 16.6 Å². The number of rotatable bonds is 0. The lowest BCUT2D eigenvalue weighted by Gasteiger charge is -2.40. The van der Waals surface area contributed by atoms with Gasteiger partial charge in [-0.2, -0.15) is 0 Å². The Labute approximate surface area is 107 Å². The fourth-order valence-electron chi connectivity index (χ4n) is 4.45. The second-order valence-electron chi connectivity index (χ2n) is 5.97. The number of fused-ring (bicyclic) bond motifs is 5. The minimum atomic E-state index is -0.279. The Hall–Kier alpha value is -1.57. The number of Topliss-reactive ketones (excluding diaryl/α,β-unsaturated/α-hetero) is 1. The standard InChI is InChI=1S/C16H17NO/c17-13-3-1-2-11-5-7-14(18)16(15(11)13)9-10-4-6-12(16)8-10/h1-4,6,10,12H,5,7-9,17H2. The first-order valence-corrected chi connectivity index (χ1v) is 6.81. The van der Waals surface area contributed by atoms with Gasteiger partial charge in [0.25, 0.3) is 0 Å². The van der Waals surface area contributed by atoms with Crippen LogP contribution in [0.4, 0.5) is 5.69 Å². The van der Waals surface area contributed by atoms with Crippen molar-refractivity contribution in [3.63, 3.8) is 0 Å². The van der Waals surface area contributed by atoms with Crippen molar-refractivity contribution in [1.82, 2.24) is 0 Å². The molecule has 3 unspecified atom stereocenters. The van der Waals surface area contributed by atoms with Crippen molar-refractivity contribution in [2.24, 2.45) is 11.8 Å². The lowest BCUT2D eigenvalue weighted by atomic mass is 9.62. The summed E-state index contributed by atoms with van der Waals surface area (Å²) in [4.78, 5) is 12.6. The number of nitrogens with two attached hydrogens (primary N) is 1. The Kier molecular flexibility index (Phi) is 1.87. The maximum atomic E-state index is 12.6. The Morgan fingerprint density at radius 2 is 2.11 bits per heavy atom. The molecule has 0 amide bonds. The predicted octanol–water partition coefficient (Wildman–Crippen LogP) is 2.62. The number of hydrogen-bond donors (Lipinski definition) is 1. The third-order valence-electron chi connectivity index (χ3n) is 5.14. The molecular weight excluding hydrogens is 222 g/mol. The van der Waals surface area contributed by atoms with E-state index in [0.717, 1.165) is 30.5 Å². The molecule has 1 fully saturated rings. The Balaban J connectivity index is 1.99. The number of ketones is 1. The van der Waals surface area contributed by atoms with Crippen molar-refractivity contribution in [1.29, 1.82) is 0 Å². The first-order valence-electron chi connectivity index (χ1n) is 6.81.